The third-order valence-electron chi connectivity index (χ3n) is 5.85. The van der Waals surface area contributed by atoms with E-state index in [-0.39, 0.29) is 24.0 Å². The maximum absolute atomic E-state index is 5.52. The first-order chi connectivity index (χ1) is 14.2. The largest absolute Gasteiger partial charge is 0.381 e. The van der Waals surface area contributed by atoms with Crippen molar-refractivity contribution in [1.29, 1.82) is 0 Å². The molecule has 0 aliphatic carbocycles. The average molecular weight is 552 g/mol. The molecule has 10 heteroatoms. The van der Waals surface area contributed by atoms with Crippen LogP contribution in [0.25, 0.3) is 0 Å². The highest BCUT2D eigenvalue weighted by molar-refractivity contribution is 14.0. The minimum Gasteiger partial charge on any atom is -0.381 e. The van der Waals surface area contributed by atoms with E-state index in [1.54, 1.807) is 0 Å². The first kappa shape index (κ1) is 25.7. The Morgan fingerprint density at radius 1 is 1.27 bits per heavy atom. The van der Waals surface area contributed by atoms with E-state index in [0.717, 1.165) is 81.4 Å². The van der Waals surface area contributed by atoms with Crippen LogP contribution >= 0.6 is 35.7 Å². The molecule has 0 saturated carbocycles. The second-order valence-corrected chi connectivity index (χ2v) is 9.09. The van der Waals surface area contributed by atoms with Crippen LogP contribution in [0.15, 0.2) is 4.99 Å². The van der Waals surface area contributed by atoms with E-state index in [1.807, 2.05) is 30.3 Å². The molecule has 172 valence electrons. The summed E-state index contributed by atoms with van der Waals surface area (Å²) in [5, 5.41) is 15.5. The Bertz CT molecular complexity index is 643. The number of piperidine rings is 1. The van der Waals surface area contributed by atoms with Crippen LogP contribution < -0.4 is 10.6 Å². The average Bonchev–Trinajstić information content (AvgIpc) is 3.35. The van der Waals surface area contributed by atoms with E-state index in [2.05, 4.69) is 32.0 Å². The van der Waals surface area contributed by atoms with E-state index >= 15 is 0 Å². The molecular formula is C20H38IN7OS. The number of halogens is 1. The van der Waals surface area contributed by atoms with Gasteiger partial charge in [0.1, 0.15) is 12.4 Å². The number of likely N-dealkylation sites (tertiary alicyclic amines) is 1. The standard InChI is InChI=1S/C20H37N7OS.HI/c1-16-24-25-19(26(16)2)13-22-20(21-8-4-12-29-3)23-18-5-9-27(10-6-18)14-17-7-11-28-15-17;/h17-18H,4-15H2,1-3H3,(H2,21,22,23);1H. The predicted octanol–water partition coefficient (Wildman–Crippen LogP) is 2.03. The summed E-state index contributed by atoms with van der Waals surface area (Å²) in [5.74, 6) is 4.59. The molecule has 0 spiro atoms. The molecule has 0 radical (unpaired) electrons. The first-order valence-corrected chi connectivity index (χ1v) is 12.2. The second kappa shape index (κ2) is 13.7. The number of rotatable bonds is 9. The van der Waals surface area contributed by atoms with Crippen molar-refractivity contribution in [2.24, 2.45) is 18.0 Å². The van der Waals surface area contributed by atoms with E-state index in [4.69, 9.17) is 9.73 Å². The molecule has 0 bridgehead atoms. The van der Waals surface area contributed by atoms with Crippen LogP contribution in [0.4, 0.5) is 0 Å². The van der Waals surface area contributed by atoms with Crippen LogP contribution in [0.2, 0.25) is 0 Å². The fourth-order valence-electron chi connectivity index (χ4n) is 3.86. The highest BCUT2D eigenvalue weighted by Gasteiger charge is 2.24. The van der Waals surface area contributed by atoms with Gasteiger partial charge in [-0.1, -0.05) is 0 Å². The van der Waals surface area contributed by atoms with Gasteiger partial charge in [-0.2, -0.15) is 11.8 Å². The summed E-state index contributed by atoms with van der Waals surface area (Å²) >= 11 is 1.88. The lowest BCUT2D eigenvalue weighted by atomic mass is 10.0. The Balaban J connectivity index is 0.00000320. The summed E-state index contributed by atoms with van der Waals surface area (Å²) in [5.41, 5.74) is 0. The minimum atomic E-state index is 0. The molecule has 8 nitrogen and oxygen atoms in total. The van der Waals surface area contributed by atoms with Crippen LogP contribution in [0.5, 0.6) is 0 Å². The Morgan fingerprint density at radius 3 is 2.70 bits per heavy atom. The predicted molar refractivity (Wildman–Crippen MR) is 135 cm³/mol. The zero-order chi connectivity index (χ0) is 20.5. The quantitative estimate of drug-likeness (QED) is 0.211. The molecule has 2 N–H and O–H groups in total. The summed E-state index contributed by atoms with van der Waals surface area (Å²) in [6.45, 7) is 8.80. The van der Waals surface area contributed by atoms with Crippen LogP contribution in [0.1, 0.15) is 37.3 Å². The molecular weight excluding hydrogens is 513 g/mol. The topological polar surface area (TPSA) is 79.6 Å². The molecule has 2 aliphatic rings. The van der Waals surface area contributed by atoms with Crippen LogP contribution in [-0.2, 0) is 18.3 Å². The number of thioether (sulfide) groups is 1. The number of aliphatic imine (C=N–C) groups is 1. The fraction of sp³-hybridized carbons (Fsp3) is 0.850. The van der Waals surface area contributed by atoms with Gasteiger partial charge in [0.25, 0.3) is 0 Å². The Labute approximate surface area is 202 Å². The van der Waals surface area contributed by atoms with Gasteiger partial charge in [-0.25, -0.2) is 4.99 Å². The zero-order valence-electron chi connectivity index (χ0n) is 18.6. The number of aryl methyl sites for hydroxylation is 1. The normalized spacial score (nSPS) is 20.9. The van der Waals surface area contributed by atoms with Crippen molar-refractivity contribution in [2.45, 2.75) is 45.2 Å². The highest BCUT2D eigenvalue weighted by Crippen LogP contribution is 2.17. The van der Waals surface area contributed by atoms with Gasteiger partial charge in [-0.3, -0.25) is 0 Å². The van der Waals surface area contributed by atoms with Gasteiger partial charge < -0.3 is 24.8 Å². The summed E-state index contributed by atoms with van der Waals surface area (Å²) in [6, 6.07) is 0.471. The van der Waals surface area contributed by atoms with Gasteiger partial charge in [0.15, 0.2) is 11.8 Å². The minimum absolute atomic E-state index is 0. The number of guanidine groups is 1. The van der Waals surface area contributed by atoms with Crippen molar-refractivity contribution in [2.75, 3.05) is 51.4 Å². The third kappa shape index (κ3) is 8.16. The van der Waals surface area contributed by atoms with E-state index < -0.39 is 0 Å². The SMILES string of the molecule is CSCCCNC(=NCc1nnc(C)n1C)NC1CCN(CC2CCOC2)CC1.I. The first-order valence-electron chi connectivity index (χ1n) is 10.8. The van der Waals surface area contributed by atoms with Gasteiger partial charge in [-0.05, 0) is 50.5 Å². The van der Waals surface area contributed by atoms with E-state index in [9.17, 15) is 0 Å². The number of hydrogen-bond donors (Lipinski definition) is 2. The van der Waals surface area contributed by atoms with Crippen molar-refractivity contribution in [3.63, 3.8) is 0 Å². The molecule has 1 unspecified atom stereocenters. The molecule has 30 heavy (non-hydrogen) atoms. The molecule has 2 saturated heterocycles. The van der Waals surface area contributed by atoms with E-state index in [0.29, 0.717) is 12.6 Å². The monoisotopic (exact) mass is 551 g/mol. The number of nitrogens with zero attached hydrogens (tertiary/aromatic N) is 5. The van der Waals surface area contributed by atoms with Crippen LogP contribution in [0, 0.1) is 12.8 Å². The number of hydrogen-bond acceptors (Lipinski definition) is 6. The van der Waals surface area contributed by atoms with Crippen LogP contribution in [-0.4, -0.2) is 83.1 Å². The highest BCUT2D eigenvalue weighted by atomic mass is 127. The summed E-state index contributed by atoms with van der Waals surface area (Å²) in [4.78, 5) is 7.40. The van der Waals surface area contributed by atoms with Crippen molar-refractivity contribution >= 4 is 41.7 Å². The maximum Gasteiger partial charge on any atom is 0.191 e. The van der Waals surface area contributed by atoms with Crippen molar-refractivity contribution < 1.29 is 4.74 Å². The van der Waals surface area contributed by atoms with Gasteiger partial charge in [0.05, 0.1) is 6.61 Å². The van der Waals surface area contributed by atoms with E-state index in [1.165, 1.54) is 13.0 Å². The van der Waals surface area contributed by atoms with Crippen LogP contribution in [0.3, 0.4) is 0 Å². The number of ether oxygens (including phenoxy) is 1. The molecule has 2 aliphatic heterocycles. The molecule has 0 aromatic carbocycles. The smallest absolute Gasteiger partial charge is 0.191 e. The second-order valence-electron chi connectivity index (χ2n) is 8.11. The van der Waals surface area contributed by atoms with Crippen molar-refractivity contribution in [3.05, 3.63) is 11.6 Å². The fourth-order valence-corrected chi connectivity index (χ4v) is 4.29. The third-order valence-corrected chi connectivity index (χ3v) is 6.54. The Hall–Kier alpha value is -0.590. The molecule has 0 amide bonds. The van der Waals surface area contributed by atoms with Gasteiger partial charge in [0, 0.05) is 45.9 Å². The Kier molecular flexibility index (Phi) is 11.8. The Morgan fingerprint density at radius 2 is 2.07 bits per heavy atom. The van der Waals surface area contributed by atoms with Gasteiger partial charge in [0.2, 0.25) is 0 Å². The lowest BCUT2D eigenvalue weighted by Crippen LogP contribution is -2.49. The summed E-state index contributed by atoms with van der Waals surface area (Å²) < 4.78 is 7.52. The zero-order valence-corrected chi connectivity index (χ0v) is 21.7. The maximum atomic E-state index is 5.52. The molecule has 2 fully saturated rings. The lowest BCUT2D eigenvalue weighted by molar-refractivity contribution is 0.150. The summed E-state index contributed by atoms with van der Waals surface area (Å²) in [6.07, 6.45) is 6.81. The molecule has 1 aromatic rings. The molecule has 1 aromatic heterocycles. The summed E-state index contributed by atoms with van der Waals surface area (Å²) in [7, 11) is 1.99. The number of nitrogens with one attached hydrogen (secondary N) is 2. The van der Waals surface area contributed by atoms with Gasteiger partial charge in [-0.15, -0.1) is 34.2 Å². The van der Waals surface area contributed by atoms with Gasteiger partial charge >= 0.3 is 0 Å². The van der Waals surface area contributed by atoms with Crippen molar-refractivity contribution in [3.8, 4) is 0 Å². The molecule has 3 rings (SSSR count). The molecule has 3 heterocycles. The lowest BCUT2D eigenvalue weighted by Gasteiger charge is -2.34. The number of aromatic nitrogens is 3. The van der Waals surface area contributed by atoms with Crippen molar-refractivity contribution in [1.82, 2.24) is 30.3 Å². The molecule has 1 atom stereocenters.